The minimum Gasteiger partial charge on any atom is -0.480 e. The van der Waals surface area contributed by atoms with E-state index in [1.807, 2.05) is 19.1 Å². The van der Waals surface area contributed by atoms with Crippen molar-refractivity contribution in [3.05, 3.63) is 28.2 Å². The molecule has 5 nitrogen and oxygen atoms in total. The van der Waals surface area contributed by atoms with E-state index in [4.69, 9.17) is 5.11 Å². The van der Waals surface area contributed by atoms with Crippen LogP contribution in [0.4, 0.5) is 10.5 Å². The van der Waals surface area contributed by atoms with Gasteiger partial charge < -0.3 is 15.7 Å². The van der Waals surface area contributed by atoms with E-state index < -0.39 is 18.0 Å². The van der Waals surface area contributed by atoms with Crippen molar-refractivity contribution in [2.24, 2.45) is 0 Å². The van der Waals surface area contributed by atoms with E-state index in [0.717, 1.165) is 16.5 Å². The zero-order valence-corrected chi connectivity index (χ0v) is 11.7. The molecule has 0 radical (unpaired) electrons. The zero-order valence-electron chi connectivity index (χ0n) is 10.2. The number of hydrogen-bond acceptors (Lipinski definition) is 2. The van der Waals surface area contributed by atoms with Gasteiger partial charge in [0.1, 0.15) is 6.04 Å². The number of benzene rings is 1. The number of halogens is 1. The van der Waals surface area contributed by atoms with Gasteiger partial charge in [-0.2, -0.15) is 0 Å². The van der Waals surface area contributed by atoms with Crippen LogP contribution in [0.15, 0.2) is 22.7 Å². The molecule has 0 fully saturated rings. The Labute approximate surface area is 114 Å². The van der Waals surface area contributed by atoms with Crippen LogP contribution in [0.3, 0.4) is 0 Å². The smallest absolute Gasteiger partial charge is 0.325 e. The summed E-state index contributed by atoms with van der Waals surface area (Å²) in [5, 5.41) is 13.7. The number of carbonyl (C=O) groups excluding carboxylic acids is 1. The number of aliphatic carboxylic acids is 1. The second-order valence-electron chi connectivity index (χ2n) is 3.81. The van der Waals surface area contributed by atoms with Crippen molar-refractivity contribution < 1.29 is 14.7 Å². The van der Waals surface area contributed by atoms with Crippen LogP contribution in [0.1, 0.15) is 19.4 Å². The second kappa shape index (κ2) is 6.39. The molecule has 0 aliphatic heterocycles. The minimum atomic E-state index is -1.07. The maximum Gasteiger partial charge on any atom is 0.325 e. The number of rotatable bonds is 4. The highest BCUT2D eigenvalue weighted by atomic mass is 79.9. The van der Waals surface area contributed by atoms with Crippen molar-refractivity contribution in [1.29, 1.82) is 0 Å². The van der Waals surface area contributed by atoms with Crippen LogP contribution in [0, 0.1) is 0 Å². The average molecular weight is 315 g/mol. The molecule has 0 spiro atoms. The third-order valence-corrected chi connectivity index (χ3v) is 2.91. The number of carboxylic acid groups (broad SMARTS) is 1. The van der Waals surface area contributed by atoms with Gasteiger partial charge in [-0.05, 0) is 37.1 Å². The number of anilines is 1. The maximum absolute atomic E-state index is 11.6. The second-order valence-corrected chi connectivity index (χ2v) is 4.73. The molecular formula is C12H15BrN2O3. The maximum atomic E-state index is 11.6. The summed E-state index contributed by atoms with van der Waals surface area (Å²) in [5.41, 5.74) is 1.65. The lowest BCUT2D eigenvalue weighted by Gasteiger charge is -2.13. The summed E-state index contributed by atoms with van der Waals surface area (Å²) in [6, 6.07) is 4.05. The summed E-state index contributed by atoms with van der Waals surface area (Å²) in [6.07, 6.45) is 0.767. The van der Waals surface area contributed by atoms with Crippen molar-refractivity contribution in [2.75, 3.05) is 5.32 Å². The molecule has 1 rings (SSSR count). The first-order chi connectivity index (χ1) is 8.43. The van der Waals surface area contributed by atoms with Crippen LogP contribution in [-0.2, 0) is 11.2 Å². The first kappa shape index (κ1) is 14.5. The molecule has 1 aromatic carbocycles. The van der Waals surface area contributed by atoms with Gasteiger partial charge in [0.05, 0.1) is 0 Å². The SMILES string of the molecule is CCc1cc(Br)ccc1NC(=O)N[C@@H](C)C(=O)O. The third-order valence-electron chi connectivity index (χ3n) is 2.41. The predicted molar refractivity (Wildman–Crippen MR) is 72.8 cm³/mol. The van der Waals surface area contributed by atoms with E-state index in [0.29, 0.717) is 5.69 Å². The topological polar surface area (TPSA) is 78.4 Å². The Kier molecular flexibility index (Phi) is 5.15. The zero-order chi connectivity index (χ0) is 13.7. The Morgan fingerprint density at radius 1 is 1.44 bits per heavy atom. The molecule has 0 bridgehead atoms. The number of carboxylic acids is 1. The van der Waals surface area contributed by atoms with Crippen molar-refractivity contribution in [2.45, 2.75) is 26.3 Å². The lowest BCUT2D eigenvalue weighted by atomic mass is 10.1. The lowest BCUT2D eigenvalue weighted by molar-refractivity contribution is -0.138. The quantitative estimate of drug-likeness (QED) is 0.799. The van der Waals surface area contributed by atoms with Gasteiger partial charge in [-0.25, -0.2) is 4.79 Å². The highest BCUT2D eigenvalue weighted by Gasteiger charge is 2.14. The summed E-state index contributed by atoms with van der Waals surface area (Å²) in [7, 11) is 0. The first-order valence-corrected chi connectivity index (χ1v) is 6.32. The summed E-state index contributed by atoms with van der Waals surface area (Å²) in [6.45, 7) is 3.38. The summed E-state index contributed by atoms with van der Waals surface area (Å²) < 4.78 is 0.934. The van der Waals surface area contributed by atoms with Gasteiger partial charge in [-0.1, -0.05) is 22.9 Å². The fourth-order valence-electron chi connectivity index (χ4n) is 1.39. The number of aryl methyl sites for hydroxylation is 1. The van der Waals surface area contributed by atoms with Crippen molar-refractivity contribution in [3.63, 3.8) is 0 Å². The molecule has 6 heteroatoms. The molecule has 1 atom stereocenters. The summed E-state index contributed by atoms with van der Waals surface area (Å²) in [5.74, 6) is -1.07. The summed E-state index contributed by atoms with van der Waals surface area (Å²) in [4.78, 5) is 22.2. The lowest BCUT2D eigenvalue weighted by Crippen LogP contribution is -2.41. The molecule has 0 aliphatic carbocycles. The van der Waals surface area contributed by atoms with E-state index in [2.05, 4.69) is 26.6 Å². The Hall–Kier alpha value is -1.56. The molecule has 0 aliphatic rings. The van der Waals surface area contributed by atoms with Gasteiger partial charge in [-0.15, -0.1) is 0 Å². The fourth-order valence-corrected chi connectivity index (χ4v) is 1.80. The number of urea groups is 1. The Morgan fingerprint density at radius 2 is 2.11 bits per heavy atom. The van der Waals surface area contributed by atoms with Crippen LogP contribution in [0.25, 0.3) is 0 Å². The van der Waals surface area contributed by atoms with Crippen molar-refractivity contribution >= 4 is 33.6 Å². The number of carbonyl (C=O) groups is 2. The van der Waals surface area contributed by atoms with E-state index in [1.165, 1.54) is 6.92 Å². The van der Waals surface area contributed by atoms with E-state index in [9.17, 15) is 9.59 Å². The third kappa shape index (κ3) is 4.03. The van der Waals surface area contributed by atoms with Crippen LogP contribution in [-0.4, -0.2) is 23.1 Å². The monoisotopic (exact) mass is 314 g/mol. The highest BCUT2D eigenvalue weighted by Crippen LogP contribution is 2.21. The van der Waals surface area contributed by atoms with Crippen molar-refractivity contribution in [1.82, 2.24) is 5.32 Å². The number of hydrogen-bond donors (Lipinski definition) is 3. The van der Waals surface area contributed by atoms with Gasteiger partial charge >= 0.3 is 12.0 Å². The molecule has 2 amide bonds. The Morgan fingerprint density at radius 3 is 2.67 bits per heavy atom. The number of nitrogens with one attached hydrogen (secondary N) is 2. The Bertz CT molecular complexity index is 463. The molecule has 18 heavy (non-hydrogen) atoms. The minimum absolute atomic E-state index is 0.526. The van der Waals surface area contributed by atoms with E-state index in [-0.39, 0.29) is 0 Å². The van der Waals surface area contributed by atoms with Crippen molar-refractivity contribution in [3.8, 4) is 0 Å². The first-order valence-electron chi connectivity index (χ1n) is 5.52. The Balaban J connectivity index is 2.73. The van der Waals surface area contributed by atoms with Crippen LogP contribution >= 0.6 is 15.9 Å². The average Bonchev–Trinajstić information content (AvgIpc) is 2.31. The van der Waals surface area contributed by atoms with E-state index in [1.54, 1.807) is 6.07 Å². The van der Waals surface area contributed by atoms with Gasteiger partial charge in [0.25, 0.3) is 0 Å². The predicted octanol–water partition coefficient (Wildman–Crippen LogP) is 2.61. The van der Waals surface area contributed by atoms with Gasteiger partial charge in [0.2, 0.25) is 0 Å². The van der Waals surface area contributed by atoms with Crippen LogP contribution in [0.2, 0.25) is 0 Å². The fraction of sp³-hybridized carbons (Fsp3) is 0.333. The summed E-state index contributed by atoms with van der Waals surface area (Å²) >= 11 is 3.36. The molecule has 98 valence electrons. The molecule has 0 saturated heterocycles. The molecule has 1 aromatic rings. The largest absolute Gasteiger partial charge is 0.480 e. The molecule has 0 saturated carbocycles. The van der Waals surface area contributed by atoms with Gasteiger partial charge in [-0.3, -0.25) is 4.79 Å². The van der Waals surface area contributed by atoms with Crippen LogP contribution in [0.5, 0.6) is 0 Å². The molecule has 0 aromatic heterocycles. The normalized spacial score (nSPS) is 11.7. The van der Waals surface area contributed by atoms with Gasteiger partial charge in [0.15, 0.2) is 0 Å². The molecule has 0 unspecified atom stereocenters. The highest BCUT2D eigenvalue weighted by molar-refractivity contribution is 9.10. The standard InChI is InChI=1S/C12H15BrN2O3/c1-3-8-6-9(13)4-5-10(8)15-12(18)14-7(2)11(16)17/h4-7H,3H2,1-2H3,(H,16,17)(H2,14,15,18)/t7-/m0/s1. The molecule has 3 N–H and O–H groups in total. The van der Waals surface area contributed by atoms with Gasteiger partial charge in [0, 0.05) is 10.2 Å². The molecule has 0 heterocycles. The van der Waals surface area contributed by atoms with Crippen LogP contribution < -0.4 is 10.6 Å². The van der Waals surface area contributed by atoms with E-state index >= 15 is 0 Å². The number of amides is 2. The molecular weight excluding hydrogens is 300 g/mol.